The number of benzene rings is 2. The van der Waals surface area contributed by atoms with Gasteiger partial charge in [-0.25, -0.2) is 18.6 Å². The summed E-state index contributed by atoms with van der Waals surface area (Å²) in [5.74, 6) is -3.60. The van der Waals surface area contributed by atoms with E-state index in [0.717, 1.165) is 23.1 Å². The number of carbonyl (C=O) groups is 2. The number of ether oxygens (including phenoxy) is 1. The summed E-state index contributed by atoms with van der Waals surface area (Å²) in [4.78, 5) is 29.2. The number of rotatable bonds is 4. The summed E-state index contributed by atoms with van der Waals surface area (Å²) in [6, 6.07) is 6.83. The molecule has 3 aromatic rings. The highest BCUT2D eigenvalue weighted by atomic mass is 35.5. The highest BCUT2D eigenvalue weighted by Gasteiger charge is 2.32. The Balaban J connectivity index is 1.74. The van der Waals surface area contributed by atoms with Crippen LogP contribution in [0.2, 0.25) is 5.02 Å². The van der Waals surface area contributed by atoms with Crippen LogP contribution in [0.1, 0.15) is 21.5 Å². The van der Waals surface area contributed by atoms with Gasteiger partial charge in [-0.1, -0.05) is 17.7 Å². The Bertz CT molecular complexity index is 1250. The van der Waals surface area contributed by atoms with E-state index in [1.165, 1.54) is 25.2 Å². The predicted octanol–water partition coefficient (Wildman–Crippen LogP) is 6.12. The third kappa shape index (κ3) is 5.42. The number of hydrogen-bond acceptors (Lipinski definition) is 4. The number of carbonyl (C=O) groups excluding carboxylic acids is 2. The number of urea groups is 1. The average molecular weight is 500 g/mol. The molecule has 0 spiro atoms. The number of alkyl halides is 3. The number of amides is 3. The summed E-state index contributed by atoms with van der Waals surface area (Å²) in [5, 5.41) is 1.55. The molecule has 0 unspecified atom stereocenters. The van der Waals surface area contributed by atoms with E-state index in [-0.39, 0.29) is 16.7 Å². The Morgan fingerprint density at radius 3 is 2.29 bits per heavy atom. The minimum atomic E-state index is -4.61. The fourth-order valence-corrected chi connectivity index (χ4v) is 3.11. The van der Waals surface area contributed by atoms with Gasteiger partial charge in [0.1, 0.15) is 28.0 Å². The van der Waals surface area contributed by atoms with Crippen LogP contribution in [-0.4, -0.2) is 24.0 Å². The highest BCUT2D eigenvalue weighted by Crippen LogP contribution is 2.35. The van der Waals surface area contributed by atoms with Crippen LogP contribution in [0.15, 0.2) is 48.7 Å². The van der Waals surface area contributed by atoms with Gasteiger partial charge < -0.3 is 4.74 Å². The molecule has 3 rings (SSSR count). The quantitative estimate of drug-likeness (QED) is 0.439. The number of nitrogens with one attached hydrogen (secondary N) is 1. The van der Waals surface area contributed by atoms with Crippen molar-refractivity contribution >= 4 is 29.2 Å². The van der Waals surface area contributed by atoms with E-state index in [1.807, 2.05) is 5.32 Å². The smallest absolute Gasteiger partial charge is 0.417 e. The SMILES string of the molecule is Cc1cc(Oc2ncc(C(F)(F)F)cc2Cl)ccc1N(C)C(=O)NC(=O)c1c(F)cccc1F. The van der Waals surface area contributed by atoms with Gasteiger partial charge in [0.2, 0.25) is 5.88 Å². The molecular formula is C22H15ClF5N3O3. The van der Waals surface area contributed by atoms with Crippen LogP contribution in [0, 0.1) is 18.6 Å². The maximum atomic E-state index is 13.8. The number of halogens is 6. The number of imide groups is 1. The second-order valence-electron chi connectivity index (χ2n) is 6.97. The molecule has 0 aliphatic rings. The normalized spacial score (nSPS) is 11.2. The third-order valence-electron chi connectivity index (χ3n) is 4.59. The van der Waals surface area contributed by atoms with Gasteiger partial charge >= 0.3 is 12.2 Å². The molecule has 0 aliphatic carbocycles. The van der Waals surface area contributed by atoms with Crippen molar-refractivity contribution in [2.45, 2.75) is 13.1 Å². The van der Waals surface area contributed by atoms with E-state index in [2.05, 4.69) is 4.98 Å². The average Bonchev–Trinajstić information content (AvgIpc) is 2.74. The number of hydrogen-bond donors (Lipinski definition) is 1. The first-order valence-corrected chi connectivity index (χ1v) is 9.80. The second kappa shape index (κ2) is 9.64. The van der Waals surface area contributed by atoms with Crippen molar-refractivity contribution in [1.29, 1.82) is 0 Å². The van der Waals surface area contributed by atoms with Crippen LogP contribution < -0.4 is 15.0 Å². The summed E-state index contributed by atoms with van der Waals surface area (Å²) < 4.78 is 71.2. The highest BCUT2D eigenvalue weighted by molar-refractivity contribution is 6.31. The first-order valence-electron chi connectivity index (χ1n) is 9.42. The minimum absolute atomic E-state index is 0.161. The summed E-state index contributed by atoms with van der Waals surface area (Å²) in [6.07, 6.45) is -4.03. The molecule has 12 heteroatoms. The molecule has 6 nitrogen and oxygen atoms in total. The topological polar surface area (TPSA) is 71.5 Å². The number of aromatic nitrogens is 1. The largest absolute Gasteiger partial charge is 0.438 e. The molecule has 2 aromatic carbocycles. The summed E-state index contributed by atoms with van der Waals surface area (Å²) >= 11 is 5.84. The Morgan fingerprint density at radius 1 is 1.09 bits per heavy atom. The number of nitrogens with zero attached hydrogens (tertiary/aromatic N) is 2. The van der Waals surface area contributed by atoms with Gasteiger partial charge in [-0.15, -0.1) is 0 Å². The summed E-state index contributed by atoms with van der Waals surface area (Å²) in [5.41, 5.74) is -1.17. The fourth-order valence-electron chi connectivity index (χ4n) is 2.90. The standard InChI is InChI=1S/C22H15ClF5N3O3/c1-11-8-13(34-20-14(23)9-12(10-29-20)22(26,27)28)6-7-17(11)31(2)21(33)30-19(32)18-15(24)4-3-5-16(18)25/h3-10H,1-2H3,(H,30,32,33). The lowest BCUT2D eigenvalue weighted by atomic mass is 10.1. The Kier molecular flexibility index (Phi) is 7.06. The van der Waals surface area contributed by atoms with Gasteiger partial charge in [0.05, 0.1) is 5.56 Å². The van der Waals surface area contributed by atoms with E-state index in [1.54, 1.807) is 6.92 Å². The molecule has 0 saturated heterocycles. The van der Waals surface area contributed by atoms with Crippen molar-refractivity contribution in [2.75, 3.05) is 11.9 Å². The molecule has 1 aromatic heterocycles. The monoisotopic (exact) mass is 499 g/mol. The van der Waals surface area contributed by atoms with Crippen LogP contribution in [0.5, 0.6) is 11.6 Å². The van der Waals surface area contributed by atoms with E-state index >= 15 is 0 Å². The van der Waals surface area contributed by atoms with Crippen LogP contribution in [0.25, 0.3) is 0 Å². The molecular weight excluding hydrogens is 485 g/mol. The first-order chi connectivity index (χ1) is 15.9. The van der Waals surface area contributed by atoms with E-state index < -0.39 is 40.9 Å². The fraction of sp³-hybridized carbons (Fsp3) is 0.136. The molecule has 178 valence electrons. The molecule has 1 heterocycles. The zero-order chi connectivity index (χ0) is 25.2. The van der Waals surface area contributed by atoms with Gasteiger partial charge in [-0.2, -0.15) is 13.2 Å². The van der Waals surface area contributed by atoms with Crippen LogP contribution in [0.3, 0.4) is 0 Å². The predicted molar refractivity (Wildman–Crippen MR) is 113 cm³/mol. The summed E-state index contributed by atoms with van der Waals surface area (Å²) in [7, 11) is 1.32. The van der Waals surface area contributed by atoms with Gasteiger partial charge in [0.25, 0.3) is 5.91 Å². The lowest BCUT2D eigenvalue weighted by molar-refractivity contribution is -0.137. The summed E-state index contributed by atoms with van der Waals surface area (Å²) in [6.45, 7) is 1.59. The molecule has 0 radical (unpaired) electrons. The maximum Gasteiger partial charge on any atom is 0.417 e. The Hall–Kier alpha value is -3.73. The van der Waals surface area contributed by atoms with E-state index in [0.29, 0.717) is 23.5 Å². The molecule has 0 aliphatic heterocycles. The molecule has 3 amide bonds. The van der Waals surface area contributed by atoms with Crippen molar-refractivity contribution in [3.05, 3.63) is 82.0 Å². The second-order valence-corrected chi connectivity index (χ2v) is 7.38. The van der Waals surface area contributed by atoms with Gasteiger partial charge in [0.15, 0.2) is 0 Å². The van der Waals surface area contributed by atoms with Crippen molar-refractivity contribution in [3.63, 3.8) is 0 Å². The van der Waals surface area contributed by atoms with Gasteiger partial charge in [0, 0.05) is 18.9 Å². The van der Waals surface area contributed by atoms with Crippen molar-refractivity contribution in [3.8, 4) is 11.6 Å². The van der Waals surface area contributed by atoms with Gasteiger partial charge in [-0.05, 0) is 48.9 Å². The van der Waals surface area contributed by atoms with Crippen LogP contribution in [-0.2, 0) is 6.18 Å². The van der Waals surface area contributed by atoms with Crippen molar-refractivity contribution in [2.24, 2.45) is 0 Å². The van der Waals surface area contributed by atoms with E-state index in [9.17, 15) is 31.5 Å². The van der Waals surface area contributed by atoms with Gasteiger partial charge in [-0.3, -0.25) is 15.0 Å². The third-order valence-corrected chi connectivity index (χ3v) is 4.86. The van der Waals surface area contributed by atoms with Crippen LogP contribution in [0.4, 0.5) is 32.4 Å². The molecule has 0 fully saturated rings. The van der Waals surface area contributed by atoms with E-state index in [4.69, 9.17) is 16.3 Å². The first kappa shape index (κ1) is 24.9. The van der Waals surface area contributed by atoms with Crippen molar-refractivity contribution in [1.82, 2.24) is 10.3 Å². The number of aryl methyl sites for hydroxylation is 1. The zero-order valence-electron chi connectivity index (χ0n) is 17.5. The van der Waals surface area contributed by atoms with Crippen LogP contribution >= 0.6 is 11.6 Å². The minimum Gasteiger partial charge on any atom is -0.438 e. The Morgan fingerprint density at radius 2 is 1.74 bits per heavy atom. The lowest BCUT2D eigenvalue weighted by Crippen LogP contribution is -2.41. The molecule has 0 bridgehead atoms. The number of pyridine rings is 1. The molecule has 34 heavy (non-hydrogen) atoms. The molecule has 1 N–H and O–H groups in total. The number of anilines is 1. The molecule has 0 atom stereocenters. The zero-order valence-corrected chi connectivity index (χ0v) is 18.3. The lowest BCUT2D eigenvalue weighted by Gasteiger charge is -2.20. The van der Waals surface area contributed by atoms with Crippen molar-refractivity contribution < 1.29 is 36.3 Å². The Labute approximate surface area is 194 Å². The molecule has 0 saturated carbocycles. The maximum absolute atomic E-state index is 13.8.